The molecular formula is C13H18N4O. The minimum atomic E-state index is -0.342. The number of nitrogens with one attached hydrogen (secondary N) is 1. The van der Waals surface area contributed by atoms with E-state index in [0.29, 0.717) is 0 Å². The van der Waals surface area contributed by atoms with Gasteiger partial charge in [-0.05, 0) is 26.8 Å². The van der Waals surface area contributed by atoms with Crippen LogP contribution in [0.2, 0.25) is 0 Å². The lowest BCUT2D eigenvalue weighted by molar-refractivity contribution is -0.124. The van der Waals surface area contributed by atoms with Gasteiger partial charge in [-0.25, -0.2) is 5.01 Å². The van der Waals surface area contributed by atoms with Crippen molar-refractivity contribution in [3.63, 3.8) is 0 Å². The number of nitrogens with zero attached hydrogens (tertiary/aromatic N) is 3. The predicted molar refractivity (Wildman–Crippen MR) is 72.3 cm³/mol. The molecule has 5 heteroatoms. The highest BCUT2D eigenvalue weighted by atomic mass is 16.2. The molecule has 18 heavy (non-hydrogen) atoms. The first kappa shape index (κ1) is 12.5. The summed E-state index contributed by atoms with van der Waals surface area (Å²) in [6, 6.07) is -0.0507. The van der Waals surface area contributed by atoms with E-state index in [4.69, 9.17) is 0 Å². The second kappa shape index (κ2) is 4.76. The lowest BCUT2D eigenvalue weighted by atomic mass is 10.1. The highest BCUT2D eigenvalue weighted by molar-refractivity contribution is 5.98. The molecule has 5 nitrogen and oxygen atoms in total. The number of amides is 1. The van der Waals surface area contributed by atoms with Gasteiger partial charge >= 0.3 is 0 Å². The summed E-state index contributed by atoms with van der Waals surface area (Å²) in [5.74, 6) is -0.407. The van der Waals surface area contributed by atoms with Crippen LogP contribution < -0.4 is 5.32 Å². The quantitative estimate of drug-likeness (QED) is 0.763. The summed E-state index contributed by atoms with van der Waals surface area (Å²) in [5.41, 5.74) is 1.93. The summed E-state index contributed by atoms with van der Waals surface area (Å²) < 4.78 is 0. The van der Waals surface area contributed by atoms with Gasteiger partial charge in [0.05, 0.1) is 0 Å². The van der Waals surface area contributed by atoms with Crippen LogP contribution in [0.3, 0.4) is 0 Å². The number of carbonyl (C=O) groups is 1. The summed E-state index contributed by atoms with van der Waals surface area (Å²) in [6.07, 6.45) is 5.07. The third kappa shape index (κ3) is 2.20. The molecule has 96 valence electrons. The van der Waals surface area contributed by atoms with Crippen LogP contribution in [-0.2, 0) is 4.79 Å². The Labute approximate surface area is 107 Å². The second-order valence-electron chi connectivity index (χ2n) is 4.64. The number of hydrogen-bond donors (Lipinski definition) is 1. The fourth-order valence-electron chi connectivity index (χ4n) is 2.07. The van der Waals surface area contributed by atoms with Crippen LogP contribution in [0.4, 0.5) is 0 Å². The molecule has 3 atom stereocenters. The number of rotatable bonds is 3. The standard InChI is InChI=1S/C13H18N4O/c1-5-8(2)16-13(18)11-7-14-17-10(4)6-9(3)15-12(11)17/h5-8,11-12H,1H2,2-4H3,(H,16,18). The lowest BCUT2D eigenvalue weighted by Crippen LogP contribution is -2.43. The third-order valence-corrected chi connectivity index (χ3v) is 3.06. The first-order valence-electron chi connectivity index (χ1n) is 6.02. The van der Waals surface area contributed by atoms with E-state index in [9.17, 15) is 4.79 Å². The van der Waals surface area contributed by atoms with Gasteiger partial charge in [0.2, 0.25) is 5.91 Å². The first-order chi connectivity index (χ1) is 8.52. The Balaban J connectivity index is 2.14. The molecule has 0 saturated carbocycles. The highest BCUT2D eigenvalue weighted by Gasteiger charge is 2.38. The van der Waals surface area contributed by atoms with Gasteiger partial charge in [0.25, 0.3) is 0 Å². The zero-order valence-corrected chi connectivity index (χ0v) is 10.9. The van der Waals surface area contributed by atoms with E-state index in [1.54, 1.807) is 17.3 Å². The van der Waals surface area contributed by atoms with Crippen molar-refractivity contribution < 1.29 is 4.79 Å². The number of allylic oxidation sites excluding steroid dienone is 2. The van der Waals surface area contributed by atoms with Gasteiger partial charge in [0, 0.05) is 23.7 Å². The van der Waals surface area contributed by atoms with Crippen molar-refractivity contribution in [2.75, 3.05) is 0 Å². The second-order valence-corrected chi connectivity index (χ2v) is 4.64. The van der Waals surface area contributed by atoms with Gasteiger partial charge in [0.15, 0.2) is 6.17 Å². The van der Waals surface area contributed by atoms with Crippen LogP contribution in [-0.4, -0.2) is 35.0 Å². The Morgan fingerprint density at radius 1 is 1.61 bits per heavy atom. The van der Waals surface area contributed by atoms with E-state index in [1.807, 2.05) is 26.8 Å². The summed E-state index contributed by atoms with van der Waals surface area (Å²) in [4.78, 5) is 16.6. The molecule has 3 unspecified atom stereocenters. The van der Waals surface area contributed by atoms with Crippen molar-refractivity contribution in [3.05, 3.63) is 24.4 Å². The van der Waals surface area contributed by atoms with Crippen LogP contribution >= 0.6 is 0 Å². The van der Waals surface area contributed by atoms with Crippen LogP contribution in [0.15, 0.2) is 34.5 Å². The molecule has 2 heterocycles. The molecule has 1 N–H and O–H groups in total. The number of fused-ring (bicyclic) bond motifs is 1. The summed E-state index contributed by atoms with van der Waals surface area (Å²) in [7, 11) is 0. The fraction of sp³-hybridized carbons (Fsp3) is 0.462. The van der Waals surface area contributed by atoms with Gasteiger partial charge in [-0.1, -0.05) is 6.08 Å². The topological polar surface area (TPSA) is 57.1 Å². The Morgan fingerprint density at radius 2 is 2.33 bits per heavy atom. The zero-order valence-electron chi connectivity index (χ0n) is 10.9. The van der Waals surface area contributed by atoms with Gasteiger partial charge in [-0.3, -0.25) is 9.79 Å². The SMILES string of the molecule is C=CC(C)NC(=O)C1C=NN2C(C)=CC(C)=NC12. The number of hydrogen-bond acceptors (Lipinski definition) is 4. The van der Waals surface area contributed by atoms with Crippen molar-refractivity contribution >= 4 is 17.8 Å². The number of hydrazone groups is 1. The van der Waals surface area contributed by atoms with E-state index in [1.165, 1.54) is 0 Å². The largest absolute Gasteiger partial charge is 0.350 e. The zero-order chi connectivity index (χ0) is 13.3. The van der Waals surface area contributed by atoms with E-state index in [0.717, 1.165) is 11.4 Å². The molecular weight excluding hydrogens is 228 g/mol. The van der Waals surface area contributed by atoms with Crippen LogP contribution in [0.5, 0.6) is 0 Å². The Bertz CT molecular complexity index is 464. The highest BCUT2D eigenvalue weighted by Crippen LogP contribution is 2.26. The predicted octanol–water partition coefficient (Wildman–Crippen LogP) is 1.30. The molecule has 0 spiro atoms. The van der Waals surface area contributed by atoms with E-state index >= 15 is 0 Å². The Kier molecular flexibility index (Phi) is 3.32. The smallest absolute Gasteiger partial charge is 0.233 e. The third-order valence-electron chi connectivity index (χ3n) is 3.06. The monoisotopic (exact) mass is 246 g/mol. The van der Waals surface area contributed by atoms with Crippen molar-refractivity contribution in [1.29, 1.82) is 0 Å². The van der Waals surface area contributed by atoms with Crippen molar-refractivity contribution in [2.24, 2.45) is 16.0 Å². The molecule has 0 fully saturated rings. The van der Waals surface area contributed by atoms with Crippen molar-refractivity contribution in [1.82, 2.24) is 10.3 Å². The fourth-order valence-corrected chi connectivity index (χ4v) is 2.07. The summed E-state index contributed by atoms with van der Waals surface area (Å²) in [6.45, 7) is 9.43. The first-order valence-corrected chi connectivity index (χ1v) is 6.02. The van der Waals surface area contributed by atoms with Gasteiger partial charge in [-0.2, -0.15) is 5.10 Å². The molecule has 0 aromatic carbocycles. The number of aliphatic imine (C=N–C) groups is 1. The maximum absolute atomic E-state index is 12.1. The van der Waals surface area contributed by atoms with Crippen molar-refractivity contribution in [3.8, 4) is 0 Å². The van der Waals surface area contributed by atoms with Crippen molar-refractivity contribution in [2.45, 2.75) is 33.0 Å². The molecule has 0 bridgehead atoms. The van der Waals surface area contributed by atoms with Gasteiger partial charge in [-0.15, -0.1) is 6.58 Å². The molecule has 2 rings (SSSR count). The van der Waals surface area contributed by atoms with Crippen LogP contribution in [0.1, 0.15) is 20.8 Å². The molecule has 0 aromatic rings. The van der Waals surface area contributed by atoms with Crippen LogP contribution in [0, 0.1) is 5.92 Å². The van der Waals surface area contributed by atoms with Gasteiger partial charge in [0.1, 0.15) is 5.92 Å². The molecule has 0 aliphatic carbocycles. The molecule has 0 radical (unpaired) electrons. The maximum atomic E-state index is 12.1. The molecule has 0 saturated heterocycles. The molecule has 2 aliphatic heterocycles. The average Bonchev–Trinajstić information content (AvgIpc) is 2.72. The molecule has 0 aromatic heterocycles. The number of carbonyl (C=O) groups excluding carboxylic acids is 1. The normalized spacial score (nSPS) is 27.2. The van der Waals surface area contributed by atoms with Gasteiger partial charge < -0.3 is 5.32 Å². The lowest BCUT2D eigenvalue weighted by Gasteiger charge is -2.28. The van der Waals surface area contributed by atoms with E-state index in [2.05, 4.69) is 22.0 Å². The molecule has 2 aliphatic rings. The Morgan fingerprint density at radius 3 is 3.00 bits per heavy atom. The summed E-state index contributed by atoms with van der Waals surface area (Å²) in [5, 5.41) is 8.91. The molecule has 1 amide bonds. The minimum absolute atomic E-state index is 0.0507. The average molecular weight is 246 g/mol. The maximum Gasteiger partial charge on any atom is 0.233 e. The summed E-state index contributed by atoms with van der Waals surface area (Å²) >= 11 is 0. The van der Waals surface area contributed by atoms with Crippen LogP contribution in [0.25, 0.3) is 0 Å². The van der Waals surface area contributed by atoms with E-state index < -0.39 is 0 Å². The Hall–Kier alpha value is -1.91. The minimum Gasteiger partial charge on any atom is -0.350 e. The van der Waals surface area contributed by atoms with E-state index in [-0.39, 0.29) is 24.0 Å².